The third kappa shape index (κ3) is 42.3. The maximum absolute atomic E-state index is 13.0. The van der Waals surface area contributed by atoms with Gasteiger partial charge in [-0.3, -0.25) is 13.8 Å². The maximum atomic E-state index is 13.0. The number of aliphatic hydroxyl groups excluding tert-OH is 2. The molecule has 0 aliphatic carbocycles. The molecule has 59 heavy (non-hydrogen) atoms. The third-order valence-corrected chi connectivity index (χ3v) is 12.5. The number of phosphoric acid groups is 1. The molecular formula is C49H100N2O7P+. The molecular weight excluding hydrogens is 760 g/mol. The molecule has 0 fully saturated rings. The Bertz CT molecular complexity index is 1010. The maximum Gasteiger partial charge on any atom is 0.472 e. The number of likely N-dealkylation sites (N-methyl/N-ethyl adjacent to an activating group) is 1. The highest BCUT2D eigenvalue weighted by molar-refractivity contribution is 7.47. The van der Waals surface area contributed by atoms with Gasteiger partial charge in [0.25, 0.3) is 0 Å². The molecule has 0 aromatic rings. The summed E-state index contributed by atoms with van der Waals surface area (Å²) >= 11 is 0. The Morgan fingerprint density at radius 2 is 1.00 bits per heavy atom. The smallest absolute Gasteiger partial charge is 0.387 e. The molecule has 0 saturated heterocycles. The lowest BCUT2D eigenvalue weighted by Crippen LogP contribution is -2.49. The molecule has 0 aliphatic rings. The standard InChI is InChI=1S/C49H99N2O7P/c1-7-8-9-10-11-12-13-14-15-16-17-18-19-20-21-22-23-24-25-28-32-35-38-41-48(53)49(54)50-46(44-58-59(55,56)57-43-42-51(4,5)6)47(52)40-37-34-31-29-26-27-30-33-36-39-45(2)3/h37,40,45-48,52-53H,7-36,38-39,41-44H2,1-6H3,(H-,50,54,55,56)/p+1/b40-37+/t46-,47+,48?/m0/s1. The number of aliphatic hydroxyl groups is 2. The summed E-state index contributed by atoms with van der Waals surface area (Å²) in [6.45, 7) is 6.92. The Labute approximate surface area is 365 Å². The average Bonchev–Trinajstić information content (AvgIpc) is 3.17. The lowest BCUT2D eigenvalue weighted by Gasteiger charge is -2.26. The van der Waals surface area contributed by atoms with Crippen LogP contribution in [0, 0.1) is 5.92 Å². The predicted octanol–water partition coefficient (Wildman–Crippen LogP) is 13.1. The van der Waals surface area contributed by atoms with Gasteiger partial charge in [0, 0.05) is 0 Å². The molecule has 1 amide bonds. The molecule has 0 heterocycles. The van der Waals surface area contributed by atoms with Crippen molar-refractivity contribution in [3.05, 3.63) is 12.2 Å². The highest BCUT2D eigenvalue weighted by Crippen LogP contribution is 2.43. The van der Waals surface area contributed by atoms with E-state index in [1.165, 1.54) is 167 Å². The van der Waals surface area contributed by atoms with Crippen molar-refractivity contribution in [3.63, 3.8) is 0 Å². The average molecular weight is 860 g/mol. The molecule has 0 bridgehead atoms. The van der Waals surface area contributed by atoms with E-state index in [1.54, 1.807) is 6.08 Å². The molecule has 352 valence electrons. The number of quaternary nitrogens is 1. The number of nitrogens with one attached hydrogen (secondary N) is 1. The topological polar surface area (TPSA) is 125 Å². The van der Waals surface area contributed by atoms with Crippen molar-refractivity contribution in [2.24, 2.45) is 5.92 Å². The lowest BCUT2D eigenvalue weighted by atomic mass is 10.0. The number of rotatable bonds is 45. The van der Waals surface area contributed by atoms with Gasteiger partial charge in [0.2, 0.25) is 5.91 Å². The van der Waals surface area contributed by atoms with Gasteiger partial charge in [0.05, 0.1) is 39.9 Å². The fourth-order valence-corrected chi connectivity index (χ4v) is 8.20. The van der Waals surface area contributed by atoms with E-state index in [9.17, 15) is 24.5 Å². The number of unbranched alkanes of at least 4 members (excludes halogenated alkanes) is 29. The van der Waals surface area contributed by atoms with Gasteiger partial charge in [-0.1, -0.05) is 226 Å². The number of amides is 1. The van der Waals surface area contributed by atoms with Gasteiger partial charge in [-0.25, -0.2) is 4.57 Å². The minimum atomic E-state index is -4.41. The van der Waals surface area contributed by atoms with Crippen LogP contribution in [-0.2, 0) is 18.4 Å². The van der Waals surface area contributed by atoms with E-state index in [1.807, 2.05) is 27.2 Å². The van der Waals surface area contributed by atoms with Gasteiger partial charge in [-0.15, -0.1) is 0 Å². The molecule has 4 atom stereocenters. The van der Waals surface area contributed by atoms with Crippen molar-refractivity contribution in [1.29, 1.82) is 0 Å². The van der Waals surface area contributed by atoms with Gasteiger partial charge >= 0.3 is 7.82 Å². The highest BCUT2D eigenvalue weighted by Gasteiger charge is 2.29. The molecule has 0 aliphatic heterocycles. The molecule has 0 rings (SSSR count). The zero-order valence-corrected chi connectivity index (χ0v) is 40.7. The Balaban J connectivity index is 4.29. The summed E-state index contributed by atoms with van der Waals surface area (Å²) in [4.78, 5) is 23.2. The summed E-state index contributed by atoms with van der Waals surface area (Å²) < 4.78 is 23.5. The largest absolute Gasteiger partial charge is 0.472 e. The first-order valence-corrected chi connectivity index (χ1v) is 26.5. The van der Waals surface area contributed by atoms with Gasteiger partial charge in [-0.2, -0.15) is 0 Å². The number of phosphoric ester groups is 1. The van der Waals surface area contributed by atoms with E-state index >= 15 is 0 Å². The SMILES string of the molecule is CCCCCCCCCCCCCCCCCCCCCCCCCC(O)C(=O)N[C@@H](COP(=O)(O)OCC[N+](C)(C)C)[C@H](O)/C=C/CCCCCCCCCC(C)C. The summed E-state index contributed by atoms with van der Waals surface area (Å²) in [5.74, 6) is 0.163. The molecule has 0 aromatic carbocycles. The van der Waals surface area contributed by atoms with E-state index in [-0.39, 0.29) is 6.61 Å². The zero-order valence-electron chi connectivity index (χ0n) is 39.8. The van der Waals surface area contributed by atoms with Crippen LogP contribution in [0.2, 0.25) is 0 Å². The molecule has 0 radical (unpaired) electrons. The monoisotopic (exact) mass is 860 g/mol. The minimum Gasteiger partial charge on any atom is -0.387 e. The van der Waals surface area contributed by atoms with Crippen LogP contribution in [0.25, 0.3) is 0 Å². The van der Waals surface area contributed by atoms with Gasteiger partial charge in [0.15, 0.2) is 0 Å². The number of nitrogens with zero attached hydrogens (tertiary/aromatic N) is 1. The first-order chi connectivity index (χ1) is 28.3. The van der Waals surface area contributed by atoms with Crippen LogP contribution in [-0.4, -0.2) is 84.6 Å². The van der Waals surface area contributed by atoms with Crippen LogP contribution in [0.5, 0.6) is 0 Å². The summed E-state index contributed by atoms with van der Waals surface area (Å²) in [5.41, 5.74) is 0. The Morgan fingerprint density at radius 3 is 1.41 bits per heavy atom. The van der Waals surface area contributed by atoms with Crippen molar-refractivity contribution in [2.75, 3.05) is 40.9 Å². The number of allylic oxidation sites excluding steroid dienone is 1. The highest BCUT2D eigenvalue weighted by atomic mass is 31.2. The fraction of sp³-hybridized carbons (Fsp3) is 0.939. The van der Waals surface area contributed by atoms with Crippen molar-refractivity contribution < 1.29 is 38.0 Å². The summed E-state index contributed by atoms with van der Waals surface area (Å²) in [7, 11) is 1.44. The van der Waals surface area contributed by atoms with E-state index in [4.69, 9.17) is 9.05 Å². The van der Waals surface area contributed by atoms with E-state index in [0.717, 1.165) is 44.4 Å². The summed E-state index contributed by atoms with van der Waals surface area (Å²) in [5, 5.41) is 24.3. The third-order valence-electron chi connectivity index (χ3n) is 11.5. The van der Waals surface area contributed by atoms with Crippen molar-refractivity contribution in [3.8, 4) is 0 Å². The number of carbonyl (C=O) groups excluding carboxylic acids is 1. The molecule has 4 N–H and O–H groups in total. The zero-order chi connectivity index (χ0) is 43.9. The van der Waals surface area contributed by atoms with Crippen LogP contribution < -0.4 is 5.32 Å². The number of hydrogen-bond donors (Lipinski definition) is 4. The molecule has 9 nitrogen and oxygen atoms in total. The lowest BCUT2D eigenvalue weighted by molar-refractivity contribution is -0.870. The molecule has 10 heteroatoms. The van der Waals surface area contributed by atoms with E-state index < -0.39 is 38.6 Å². The van der Waals surface area contributed by atoms with Crippen LogP contribution >= 0.6 is 7.82 Å². The molecule has 2 unspecified atom stereocenters. The van der Waals surface area contributed by atoms with Crippen LogP contribution in [0.4, 0.5) is 0 Å². The van der Waals surface area contributed by atoms with E-state index in [0.29, 0.717) is 17.4 Å². The van der Waals surface area contributed by atoms with Crippen molar-refractivity contribution >= 4 is 13.7 Å². The Kier molecular flexibility index (Phi) is 39.5. The van der Waals surface area contributed by atoms with Gasteiger partial charge < -0.3 is 24.9 Å². The Hall–Kier alpha value is -0.800. The van der Waals surface area contributed by atoms with Crippen molar-refractivity contribution in [1.82, 2.24) is 5.32 Å². The van der Waals surface area contributed by atoms with Crippen LogP contribution in [0.15, 0.2) is 12.2 Å². The Morgan fingerprint density at radius 1 is 0.610 bits per heavy atom. The normalized spacial score (nSPS) is 14.9. The van der Waals surface area contributed by atoms with Crippen molar-refractivity contribution in [2.45, 2.75) is 251 Å². The molecule has 0 spiro atoms. The second-order valence-electron chi connectivity index (χ2n) is 19.2. The summed E-state index contributed by atoms with van der Waals surface area (Å²) in [6, 6.07) is -1.02. The predicted molar refractivity (Wildman–Crippen MR) is 251 cm³/mol. The minimum absolute atomic E-state index is 0.0208. The van der Waals surface area contributed by atoms with Gasteiger partial charge in [0.1, 0.15) is 19.3 Å². The quantitative estimate of drug-likeness (QED) is 0.0208. The molecule has 0 saturated carbocycles. The number of hydrogen-bond acceptors (Lipinski definition) is 6. The number of carbonyl (C=O) groups is 1. The fourth-order valence-electron chi connectivity index (χ4n) is 7.47. The van der Waals surface area contributed by atoms with Crippen LogP contribution in [0.3, 0.4) is 0 Å². The van der Waals surface area contributed by atoms with Crippen LogP contribution in [0.1, 0.15) is 233 Å². The second kappa shape index (κ2) is 40.0. The molecule has 0 aromatic heterocycles. The summed E-state index contributed by atoms with van der Waals surface area (Å²) in [6.07, 6.45) is 42.3. The first kappa shape index (κ1) is 58.2. The second-order valence-corrected chi connectivity index (χ2v) is 20.6. The van der Waals surface area contributed by atoms with Gasteiger partial charge in [-0.05, 0) is 25.2 Å². The van der Waals surface area contributed by atoms with E-state index in [2.05, 4.69) is 26.1 Å². The first-order valence-electron chi connectivity index (χ1n) is 25.0.